The topological polar surface area (TPSA) is 54.7 Å². The summed E-state index contributed by atoms with van der Waals surface area (Å²) in [5.41, 5.74) is 3.31. The second-order valence-electron chi connectivity index (χ2n) is 6.97. The van der Waals surface area contributed by atoms with Gasteiger partial charge in [0.25, 0.3) is 5.91 Å². The Bertz CT molecular complexity index is 1130. The lowest BCUT2D eigenvalue weighted by Crippen LogP contribution is -2.31. The third kappa shape index (κ3) is 4.00. The fourth-order valence-electron chi connectivity index (χ4n) is 3.34. The molecule has 0 spiro atoms. The van der Waals surface area contributed by atoms with Crippen LogP contribution in [0.5, 0.6) is 5.75 Å². The summed E-state index contributed by atoms with van der Waals surface area (Å²) in [5.74, 6) is 1.85. The van der Waals surface area contributed by atoms with Crippen LogP contribution >= 0.6 is 12.2 Å². The van der Waals surface area contributed by atoms with Gasteiger partial charge in [0.2, 0.25) is 0 Å². The zero-order valence-corrected chi connectivity index (χ0v) is 17.7. The van der Waals surface area contributed by atoms with Crippen molar-refractivity contribution in [2.24, 2.45) is 0 Å². The largest absolute Gasteiger partial charge is 0.485 e. The van der Waals surface area contributed by atoms with Crippen LogP contribution in [0.25, 0.3) is 6.08 Å². The molecule has 1 aromatic heterocycles. The van der Waals surface area contributed by atoms with Crippen LogP contribution in [0.3, 0.4) is 0 Å². The summed E-state index contributed by atoms with van der Waals surface area (Å²) in [4.78, 5) is 14.5. The number of benzene rings is 2. The molecule has 0 aliphatic carbocycles. The van der Waals surface area contributed by atoms with E-state index in [-0.39, 0.29) is 5.91 Å². The number of hydrogen-bond acceptors (Lipinski definition) is 4. The standard InChI is InChI=1S/C24H22N2O3S/c1-3-17-9-5-6-10-21(17)26-23(27)20(25-24(26)30)14-18-12-13-19(29-18)15-28-22-11-7-4-8-16(22)2/h4-14H,3,15H2,1-2H3,(H,25,30)/b20-14+. The number of hydrogen-bond donors (Lipinski definition) is 1. The Hall–Kier alpha value is -3.38. The minimum atomic E-state index is -0.199. The number of rotatable bonds is 6. The number of anilines is 1. The maximum absolute atomic E-state index is 13.0. The van der Waals surface area contributed by atoms with Gasteiger partial charge in [-0.15, -0.1) is 0 Å². The number of carbonyl (C=O) groups is 1. The lowest BCUT2D eigenvalue weighted by atomic mass is 10.1. The molecule has 1 N–H and O–H groups in total. The molecule has 2 heterocycles. The highest BCUT2D eigenvalue weighted by Crippen LogP contribution is 2.27. The van der Waals surface area contributed by atoms with Crippen LogP contribution in [0, 0.1) is 6.92 Å². The summed E-state index contributed by atoms with van der Waals surface area (Å²) in [5, 5.41) is 3.37. The molecule has 1 amide bonds. The van der Waals surface area contributed by atoms with Crippen molar-refractivity contribution in [2.75, 3.05) is 4.90 Å². The van der Waals surface area contributed by atoms with Crippen LogP contribution in [0.2, 0.25) is 0 Å². The Kier molecular flexibility index (Phi) is 5.68. The van der Waals surface area contributed by atoms with Crippen LogP contribution in [0.4, 0.5) is 5.69 Å². The molecule has 0 bridgehead atoms. The van der Waals surface area contributed by atoms with Crippen molar-refractivity contribution in [3.63, 3.8) is 0 Å². The summed E-state index contributed by atoms with van der Waals surface area (Å²) in [6.07, 6.45) is 2.48. The highest BCUT2D eigenvalue weighted by molar-refractivity contribution is 7.80. The molecule has 6 heteroatoms. The monoisotopic (exact) mass is 418 g/mol. The highest BCUT2D eigenvalue weighted by Gasteiger charge is 2.33. The van der Waals surface area contributed by atoms with Gasteiger partial charge < -0.3 is 14.5 Å². The maximum atomic E-state index is 13.0. The van der Waals surface area contributed by atoms with Gasteiger partial charge in [-0.2, -0.15) is 0 Å². The Balaban J connectivity index is 1.50. The molecule has 2 aromatic carbocycles. The third-order valence-corrected chi connectivity index (χ3v) is 5.21. The Morgan fingerprint density at radius 1 is 1.10 bits per heavy atom. The van der Waals surface area contributed by atoms with Crippen LogP contribution in [0.1, 0.15) is 29.6 Å². The molecular weight excluding hydrogens is 396 g/mol. The first-order valence-electron chi connectivity index (χ1n) is 9.79. The summed E-state index contributed by atoms with van der Waals surface area (Å²) in [7, 11) is 0. The van der Waals surface area contributed by atoms with Gasteiger partial charge in [0, 0.05) is 6.08 Å². The van der Waals surface area contributed by atoms with E-state index in [1.54, 1.807) is 6.08 Å². The number of furan rings is 1. The second-order valence-corrected chi connectivity index (χ2v) is 7.36. The fourth-order valence-corrected chi connectivity index (χ4v) is 3.63. The maximum Gasteiger partial charge on any atom is 0.281 e. The molecule has 3 aromatic rings. The smallest absolute Gasteiger partial charge is 0.281 e. The molecular formula is C24H22N2O3S. The molecule has 0 radical (unpaired) electrons. The number of amides is 1. The SMILES string of the molecule is CCc1ccccc1N1C(=O)/C(=C\c2ccc(COc3ccccc3C)o2)NC1=S. The van der Waals surface area contributed by atoms with Crippen molar-refractivity contribution in [3.05, 3.63) is 89.0 Å². The van der Waals surface area contributed by atoms with Crippen LogP contribution < -0.4 is 15.0 Å². The van der Waals surface area contributed by atoms with E-state index in [2.05, 4.69) is 12.2 Å². The molecule has 1 aliphatic heterocycles. The Labute approximate surface area is 181 Å². The minimum absolute atomic E-state index is 0.199. The molecule has 1 saturated heterocycles. The number of thiocarbonyl (C=S) groups is 1. The zero-order valence-electron chi connectivity index (χ0n) is 16.8. The predicted molar refractivity (Wildman–Crippen MR) is 121 cm³/mol. The summed E-state index contributed by atoms with van der Waals surface area (Å²) in [6, 6.07) is 19.2. The predicted octanol–water partition coefficient (Wildman–Crippen LogP) is 4.99. The molecule has 1 fully saturated rings. The van der Waals surface area contributed by atoms with Gasteiger partial charge in [-0.3, -0.25) is 9.69 Å². The Morgan fingerprint density at radius 3 is 2.67 bits per heavy atom. The first kappa shape index (κ1) is 19.9. The van der Waals surface area contributed by atoms with Crippen LogP contribution in [0.15, 0.2) is 70.8 Å². The molecule has 4 rings (SSSR count). The average Bonchev–Trinajstić information content (AvgIpc) is 3.31. The number of nitrogens with one attached hydrogen (secondary N) is 1. The van der Waals surface area contributed by atoms with Gasteiger partial charge in [-0.05, 0) is 61.0 Å². The number of ether oxygens (including phenoxy) is 1. The molecule has 0 unspecified atom stereocenters. The first-order chi connectivity index (χ1) is 14.6. The van der Waals surface area contributed by atoms with E-state index in [0.29, 0.717) is 28.9 Å². The Morgan fingerprint density at radius 2 is 1.87 bits per heavy atom. The van der Waals surface area contributed by atoms with Crippen molar-refractivity contribution in [1.29, 1.82) is 0 Å². The van der Waals surface area contributed by atoms with Crippen molar-refractivity contribution >= 4 is 35.0 Å². The van der Waals surface area contributed by atoms with E-state index < -0.39 is 0 Å². The van der Waals surface area contributed by atoms with Gasteiger partial charge in [-0.25, -0.2) is 0 Å². The number of carbonyl (C=O) groups excluding carboxylic acids is 1. The number of nitrogens with zero attached hydrogens (tertiary/aromatic N) is 1. The molecule has 5 nitrogen and oxygen atoms in total. The highest BCUT2D eigenvalue weighted by atomic mass is 32.1. The quantitative estimate of drug-likeness (QED) is 0.451. The molecule has 152 valence electrons. The lowest BCUT2D eigenvalue weighted by Gasteiger charge is -2.17. The summed E-state index contributed by atoms with van der Waals surface area (Å²) >= 11 is 5.42. The summed E-state index contributed by atoms with van der Waals surface area (Å²) < 4.78 is 11.6. The second kappa shape index (κ2) is 8.55. The summed E-state index contributed by atoms with van der Waals surface area (Å²) in [6.45, 7) is 4.36. The van der Waals surface area contributed by atoms with Gasteiger partial charge in [0.05, 0.1) is 5.69 Å². The third-order valence-electron chi connectivity index (χ3n) is 4.92. The van der Waals surface area contributed by atoms with Crippen LogP contribution in [-0.2, 0) is 17.8 Å². The van der Waals surface area contributed by atoms with Gasteiger partial charge in [0.15, 0.2) is 5.11 Å². The van der Waals surface area contributed by atoms with E-state index in [0.717, 1.165) is 29.0 Å². The van der Waals surface area contributed by atoms with E-state index in [9.17, 15) is 4.79 Å². The van der Waals surface area contributed by atoms with E-state index in [1.807, 2.05) is 67.6 Å². The average molecular weight is 419 g/mol. The molecule has 30 heavy (non-hydrogen) atoms. The van der Waals surface area contributed by atoms with Crippen LogP contribution in [-0.4, -0.2) is 11.0 Å². The van der Waals surface area contributed by atoms with Gasteiger partial charge in [-0.1, -0.05) is 43.3 Å². The van der Waals surface area contributed by atoms with E-state index in [4.69, 9.17) is 21.4 Å². The number of aryl methyl sites for hydroxylation is 2. The lowest BCUT2D eigenvalue weighted by molar-refractivity contribution is -0.113. The fraction of sp³-hybridized carbons (Fsp3) is 0.167. The van der Waals surface area contributed by atoms with Crippen molar-refractivity contribution in [3.8, 4) is 5.75 Å². The molecule has 0 atom stereocenters. The number of para-hydroxylation sites is 2. The van der Waals surface area contributed by atoms with E-state index >= 15 is 0 Å². The van der Waals surface area contributed by atoms with Gasteiger partial charge in [0.1, 0.15) is 29.6 Å². The van der Waals surface area contributed by atoms with Crippen molar-refractivity contribution < 1.29 is 13.9 Å². The zero-order chi connectivity index (χ0) is 21.1. The van der Waals surface area contributed by atoms with Gasteiger partial charge >= 0.3 is 0 Å². The normalized spacial score (nSPS) is 15.0. The van der Waals surface area contributed by atoms with E-state index in [1.165, 1.54) is 4.90 Å². The minimum Gasteiger partial charge on any atom is -0.485 e. The first-order valence-corrected chi connectivity index (χ1v) is 10.2. The van der Waals surface area contributed by atoms with Crippen molar-refractivity contribution in [2.45, 2.75) is 26.9 Å². The molecule has 0 saturated carbocycles. The van der Waals surface area contributed by atoms with Crippen molar-refractivity contribution in [1.82, 2.24) is 5.32 Å². The molecule has 1 aliphatic rings.